The molecule has 0 aliphatic carbocycles. The molecule has 0 spiro atoms. The van der Waals surface area contributed by atoms with E-state index in [2.05, 4.69) is 0 Å². The van der Waals surface area contributed by atoms with Gasteiger partial charge in [0, 0.05) is 14.2 Å². The summed E-state index contributed by atoms with van der Waals surface area (Å²) in [6, 6.07) is 0. The maximum atomic E-state index is 6.15. The third-order valence-electron chi connectivity index (χ3n) is 2.95. The number of methoxy groups -OCH3 is 2. The molecule has 0 bridgehead atoms. The van der Waals surface area contributed by atoms with E-state index in [4.69, 9.17) is 15.2 Å². The average molecular weight is 175 g/mol. The third kappa shape index (κ3) is 1.79. The first-order valence-electron chi connectivity index (χ1n) is 4.38. The standard InChI is InChI=1S/C9H21NO2/c1-6-9(10,7-2)8(3,11-4)12-5/h6-7,10H2,1-5H3. The number of ether oxygens (including phenoxy) is 2. The van der Waals surface area contributed by atoms with Crippen molar-refractivity contribution in [2.45, 2.75) is 44.9 Å². The monoisotopic (exact) mass is 175 g/mol. The smallest absolute Gasteiger partial charge is 0.182 e. The second-order valence-corrected chi connectivity index (χ2v) is 3.22. The molecular weight excluding hydrogens is 154 g/mol. The highest BCUT2D eigenvalue weighted by Gasteiger charge is 2.43. The zero-order valence-electron chi connectivity index (χ0n) is 8.81. The van der Waals surface area contributed by atoms with Crippen molar-refractivity contribution in [3.63, 3.8) is 0 Å². The molecular formula is C9H21NO2. The van der Waals surface area contributed by atoms with Gasteiger partial charge in [0.25, 0.3) is 0 Å². The Hall–Kier alpha value is -0.120. The summed E-state index contributed by atoms with van der Waals surface area (Å²) in [6.45, 7) is 5.96. The van der Waals surface area contributed by atoms with Crippen LogP contribution < -0.4 is 5.73 Å². The lowest BCUT2D eigenvalue weighted by Gasteiger charge is -2.42. The second kappa shape index (κ2) is 4.21. The molecule has 2 N–H and O–H groups in total. The Bertz CT molecular complexity index is 112. The largest absolute Gasteiger partial charge is 0.352 e. The molecule has 0 amide bonds. The van der Waals surface area contributed by atoms with Crippen LogP contribution in [0.5, 0.6) is 0 Å². The molecule has 0 radical (unpaired) electrons. The first kappa shape index (κ1) is 11.9. The van der Waals surface area contributed by atoms with Gasteiger partial charge >= 0.3 is 0 Å². The Morgan fingerprint density at radius 1 is 1.08 bits per heavy atom. The van der Waals surface area contributed by atoms with Crippen molar-refractivity contribution in [3.8, 4) is 0 Å². The van der Waals surface area contributed by atoms with Crippen molar-refractivity contribution in [2.24, 2.45) is 5.73 Å². The van der Waals surface area contributed by atoms with Crippen LogP contribution in [0.3, 0.4) is 0 Å². The van der Waals surface area contributed by atoms with Gasteiger partial charge in [-0.15, -0.1) is 0 Å². The minimum atomic E-state index is -0.684. The Morgan fingerprint density at radius 2 is 1.42 bits per heavy atom. The average Bonchev–Trinajstić information content (AvgIpc) is 2.15. The molecule has 3 nitrogen and oxygen atoms in total. The second-order valence-electron chi connectivity index (χ2n) is 3.22. The predicted molar refractivity (Wildman–Crippen MR) is 49.9 cm³/mol. The number of nitrogens with two attached hydrogens (primary N) is 1. The molecule has 0 aliphatic heterocycles. The Kier molecular flexibility index (Phi) is 4.17. The van der Waals surface area contributed by atoms with Gasteiger partial charge in [-0.05, 0) is 19.8 Å². The van der Waals surface area contributed by atoms with Crippen molar-refractivity contribution in [3.05, 3.63) is 0 Å². The van der Waals surface area contributed by atoms with E-state index < -0.39 is 11.3 Å². The van der Waals surface area contributed by atoms with Gasteiger partial charge in [0.2, 0.25) is 0 Å². The van der Waals surface area contributed by atoms with E-state index in [-0.39, 0.29) is 0 Å². The Labute approximate surface area is 75.2 Å². The first-order chi connectivity index (χ1) is 5.49. The zero-order chi connectivity index (χ0) is 9.83. The quantitative estimate of drug-likeness (QED) is 0.644. The van der Waals surface area contributed by atoms with E-state index in [9.17, 15) is 0 Å². The van der Waals surface area contributed by atoms with Gasteiger partial charge in [-0.3, -0.25) is 0 Å². The maximum Gasteiger partial charge on any atom is 0.182 e. The normalized spacial score (nSPS) is 13.5. The molecule has 0 saturated carbocycles. The number of hydrogen-bond donors (Lipinski definition) is 1. The molecule has 0 saturated heterocycles. The summed E-state index contributed by atoms with van der Waals surface area (Å²) in [5.74, 6) is -0.684. The highest BCUT2D eigenvalue weighted by atomic mass is 16.7. The molecule has 0 aromatic rings. The van der Waals surface area contributed by atoms with Gasteiger partial charge < -0.3 is 15.2 Å². The fraction of sp³-hybridized carbons (Fsp3) is 1.00. The van der Waals surface area contributed by atoms with Crippen molar-refractivity contribution in [1.29, 1.82) is 0 Å². The fourth-order valence-corrected chi connectivity index (χ4v) is 1.38. The highest BCUT2D eigenvalue weighted by Crippen LogP contribution is 2.29. The Balaban J connectivity index is 4.66. The lowest BCUT2D eigenvalue weighted by atomic mass is 9.85. The number of rotatable bonds is 5. The van der Waals surface area contributed by atoms with Gasteiger partial charge in [-0.25, -0.2) is 0 Å². The van der Waals surface area contributed by atoms with Crippen LogP contribution in [0.25, 0.3) is 0 Å². The zero-order valence-corrected chi connectivity index (χ0v) is 8.81. The van der Waals surface area contributed by atoms with E-state index in [1.807, 2.05) is 20.8 Å². The van der Waals surface area contributed by atoms with E-state index >= 15 is 0 Å². The summed E-state index contributed by atoms with van der Waals surface area (Å²) >= 11 is 0. The molecule has 0 heterocycles. The SMILES string of the molecule is CCC(N)(CC)C(C)(OC)OC. The molecule has 0 aliphatic rings. The summed E-state index contributed by atoms with van der Waals surface area (Å²) in [4.78, 5) is 0. The van der Waals surface area contributed by atoms with Crippen molar-refractivity contribution in [1.82, 2.24) is 0 Å². The van der Waals surface area contributed by atoms with Crippen LogP contribution in [0, 0.1) is 0 Å². The lowest BCUT2D eigenvalue weighted by molar-refractivity contribution is -0.236. The van der Waals surface area contributed by atoms with Crippen LogP contribution in [0.15, 0.2) is 0 Å². The summed E-state index contributed by atoms with van der Waals surface area (Å²) in [5.41, 5.74) is 5.74. The fourth-order valence-electron chi connectivity index (χ4n) is 1.38. The highest BCUT2D eigenvalue weighted by molar-refractivity contribution is 4.94. The number of hydrogen-bond acceptors (Lipinski definition) is 3. The summed E-state index contributed by atoms with van der Waals surface area (Å²) < 4.78 is 10.6. The van der Waals surface area contributed by atoms with Crippen molar-refractivity contribution < 1.29 is 9.47 Å². The molecule has 0 unspecified atom stereocenters. The van der Waals surface area contributed by atoms with Crippen LogP contribution >= 0.6 is 0 Å². The predicted octanol–water partition coefficient (Wildman–Crippen LogP) is 1.51. The molecule has 12 heavy (non-hydrogen) atoms. The molecule has 0 fully saturated rings. The summed E-state index contributed by atoms with van der Waals surface area (Å²) in [7, 11) is 3.24. The van der Waals surface area contributed by atoms with Crippen LogP contribution in [0.4, 0.5) is 0 Å². The topological polar surface area (TPSA) is 44.5 Å². The van der Waals surface area contributed by atoms with Crippen LogP contribution in [0.2, 0.25) is 0 Å². The van der Waals surface area contributed by atoms with Gasteiger partial charge in [-0.1, -0.05) is 13.8 Å². The molecule has 3 heteroatoms. The maximum absolute atomic E-state index is 6.15. The van der Waals surface area contributed by atoms with Crippen molar-refractivity contribution >= 4 is 0 Å². The van der Waals surface area contributed by atoms with E-state index in [0.717, 1.165) is 12.8 Å². The van der Waals surface area contributed by atoms with Crippen LogP contribution in [0.1, 0.15) is 33.6 Å². The molecule has 0 aromatic carbocycles. The molecule has 0 atom stereocenters. The third-order valence-corrected chi connectivity index (χ3v) is 2.95. The Morgan fingerprint density at radius 3 is 1.50 bits per heavy atom. The summed E-state index contributed by atoms with van der Waals surface area (Å²) in [5, 5.41) is 0. The molecule has 0 rings (SSSR count). The van der Waals surface area contributed by atoms with Gasteiger partial charge in [0.05, 0.1) is 5.54 Å². The van der Waals surface area contributed by atoms with Gasteiger partial charge in [-0.2, -0.15) is 0 Å². The van der Waals surface area contributed by atoms with Crippen molar-refractivity contribution in [2.75, 3.05) is 14.2 Å². The first-order valence-corrected chi connectivity index (χ1v) is 4.38. The van der Waals surface area contributed by atoms with E-state index in [0.29, 0.717) is 0 Å². The van der Waals surface area contributed by atoms with Crippen LogP contribution in [-0.4, -0.2) is 25.5 Å². The van der Waals surface area contributed by atoms with Crippen LogP contribution in [-0.2, 0) is 9.47 Å². The molecule has 0 aromatic heterocycles. The minimum absolute atomic E-state index is 0.406. The lowest BCUT2D eigenvalue weighted by Crippen LogP contribution is -2.60. The van der Waals surface area contributed by atoms with E-state index in [1.165, 1.54) is 0 Å². The van der Waals surface area contributed by atoms with Gasteiger partial charge in [0.1, 0.15) is 0 Å². The van der Waals surface area contributed by atoms with Gasteiger partial charge in [0.15, 0.2) is 5.79 Å². The minimum Gasteiger partial charge on any atom is -0.352 e. The summed E-state index contributed by atoms with van der Waals surface area (Å²) in [6.07, 6.45) is 1.67. The van der Waals surface area contributed by atoms with E-state index in [1.54, 1.807) is 14.2 Å². The molecule has 74 valence electrons.